The molecule has 0 spiro atoms. The van der Waals surface area contributed by atoms with Gasteiger partial charge in [-0.05, 0) is 63.6 Å². The molecule has 118 valence electrons. The van der Waals surface area contributed by atoms with Gasteiger partial charge in [0.05, 0.1) is 0 Å². The molecule has 4 heteroatoms. The molecule has 1 aromatic rings. The lowest BCUT2D eigenvalue weighted by Crippen LogP contribution is -2.48. The highest BCUT2D eigenvalue weighted by atomic mass is 15.2. The van der Waals surface area contributed by atoms with Crippen molar-refractivity contribution in [3.8, 4) is 0 Å². The molecule has 0 bridgehead atoms. The molecule has 2 unspecified atom stereocenters. The van der Waals surface area contributed by atoms with Gasteiger partial charge in [-0.15, -0.1) is 0 Å². The van der Waals surface area contributed by atoms with Crippen molar-refractivity contribution in [2.75, 3.05) is 26.7 Å². The minimum Gasteiger partial charge on any atom is -0.326 e. The van der Waals surface area contributed by atoms with Crippen LogP contribution in [0.15, 0.2) is 24.5 Å². The topological polar surface area (TPSA) is 45.4 Å². The molecule has 2 N–H and O–H groups in total. The predicted molar refractivity (Wildman–Crippen MR) is 88.1 cm³/mol. The molecule has 1 fully saturated rings. The van der Waals surface area contributed by atoms with Crippen molar-refractivity contribution < 1.29 is 0 Å². The standard InChI is InChI=1S/C17H30N4/c1-4-16(18)17(14-6-10-19-11-7-14)20(3)15-8-12-21(5-2)13-9-15/h6-7,10-11,15-17H,4-5,8-9,12-13,18H2,1-3H3. The monoisotopic (exact) mass is 290 g/mol. The molecule has 2 rings (SSSR count). The van der Waals surface area contributed by atoms with Crippen molar-refractivity contribution in [3.63, 3.8) is 0 Å². The quantitative estimate of drug-likeness (QED) is 0.873. The number of nitrogens with two attached hydrogens (primary N) is 1. The maximum Gasteiger partial charge on any atom is 0.0500 e. The van der Waals surface area contributed by atoms with E-state index in [0.717, 1.165) is 6.42 Å². The smallest absolute Gasteiger partial charge is 0.0500 e. The molecule has 2 heterocycles. The lowest BCUT2D eigenvalue weighted by Gasteiger charge is -2.42. The van der Waals surface area contributed by atoms with Gasteiger partial charge >= 0.3 is 0 Å². The summed E-state index contributed by atoms with van der Waals surface area (Å²) in [4.78, 5) is 9.18. The van der Waals surface area contributed by atoms with Crippen LogP contribution in [0.25, 0.3) is 0 Å². The Labute approximate surface area is 129 Å². The molecular formula is C17H30N4. The minimum absolute atomic E-state index is 0.168. The number of aromatic nitrogens is 1. The first-order valence-corrected chi connectivity index (χ1v) is 8.27. The fourth-order valence-electron chi connectivity index (χ4n) is 3.44. The van der Waals surface area contributed by atoms with Gasteiger partial charge in [-0.2, -0.15) is 0 Å². The Morgan fingerprint density at radius 3 is 2.43 bits per heavy atom. The third-order valence-electron chi connectivity index (χ3n) is 4.94. The van der Waals surface area contributed by atoms with Gasteiger partial charge in [-0.3, -0.25) is 9.88 Å². The number of likely N-dealkylation sites (N-methyl/N-ethyl adjacent to an activating group) is 1. The molecule has 1 saturated heterocycles. The van der Waals surface area contributed by atoms with Crippen LogP contribution in [-0.4, -0.2) is 53.5 Å². The highest BCUT2D eigenvalue weighted by molar-refractivity contribution is 5.17. The van der Waals surface area contributed by atoms with E-state index in [9.17, 15) is 0 Å². The van der Waals surface area contributed by atoms with E-state index in [-0.39, 0.29) is 12.1 Å². The molecule has 0 saturated carbocycles. The molecule has 0 aromatic carbocycles. The molecule has 0 aliphatic carbocycles. The van der Waals surface area contributed by atoms with E-state index in [2.05, 4.69) is 47.8 Å². The zero-order valence-corrected chi connectivity index (χ0v) is 13.7. The lowest BCUT2D eigenvalue weighted by atomic mass is 9.93. The van der Waals surface area contributed by atoms with Gasteiger partial charge in [0.1, 0.15) is 0 Å². The Morgan fingerprint density at radius 1 is 1.29 bits per heavy atom. The van der Waals surface area contributed by atoms with E-state index in [1.165, 1.54) is 38.0 Å². The van der Waals surface area contributed by atoms with Crippen molar-refractivity contribution in [3.05, 3.63) is 30.1 Å². The molecule has 4 nitrogen and oxygen atoms in total. The minimum atomic E-state index is 0.168. The maximum absolute atomic E-state index is 6.44. The fraction of sp³-hybridized carbons (Fsp3) is 0.706. The number of pyridine rings is 1. The SMILES string of the molecule is CCC(N)C(c1ccncc1)N(C)C1CCN(CC)CC1. The Morgan fingerprint density at radius 2 is 1.90 bits per heavy atom. The Bertz CT molecular complexity index is 401. The normalized spacial score (nSPS) is 20.6. The molecule has 0 amide bonds. The van der Waals surface area contributed by atoms with E-state index in [4.69, 9.17) is 5.73 Å². The number of rotatable bonds is 6. The third-order valence-corrected chi connectivity index (χ3v) is 4.94. The van der Waals surface area contributed by atoms with Crippen LogP contribution in [0.2, 0.25) is 0 Å². The number of likely N-dealkylation sites (tertiary alicyclic amines) is 1. The van der Waals surface area contributed by atoms with Crippen molar-refractivity contribution in [1.82, 2.24) is 14.8 Å². The van der Waals surface area contributed by atoms with Gasteiger partial charge in [-0.1, -0.05) is 13.8 Å². The number of piperidine rings is 1. The third kappa shape index (κ3) is 4.02. The lowest BCUT2D eigenvalue weighted by molar-refractivity contribution is 0.0864. The van der Waals surface area contributed by atoms with E-state index < -0.39 is 0 Å². The zero-order chi connectivity index (χ0) is 15.2. The molecule has 0 radical (unpaired) electrons. The molecular weight excluding hydrogens is 260 g/mol. The van der Waals surface area contributed by atoms with Crippen molar-refractivity contribution in [1.29, 1.82) is 0 Å². The first-order valence-electron chi connectivity index (χ1n) is 8.27. The number of nitrogens with zero attached hydrogens (tertiary/aromatic N) is 3. The van der Waals surface area contributed by atoms with Gasteiger partial charge in [0.2, 0.25) is 0 Å². The first kappa shape index (κ1) is 16.4. The second-order valence-corrected chi connectivity index (χ2v) is 6.13. The van der Waals surface area contributed by atoms with Crippen molar-refractivity contribution >= 4 is 0 Å². The largest absolute Gasteiger partial charge is 0.326 e. The van der Waals surface area contributed by atoms with Crippen LogP contribution < -0.4 is 5.73 Å². The molecule has 1 aromatic heterocycles. The summed E-state index contributed by atoms with van der Waals surface area (Å²) >= 11 is 0. The highest BCUT2D eigenvalue weighted by Gasteiger charge is 2.30. The Balaban J connectivity index is 2.10. The summed E-state index contributed by atoms with van der Waals surface area (Å²) in [6.07, 6.45) is 7.21. The van der Waals surface area contributed by atoms with E-state index in [1.54, 1.807) is 0 Å². The maximum atomic E-state index is 6.44. The van der Waals surface area contributed by atoms with Gasteiger partial charge in [0.15, 0.2) is 0 Å². The summed E-state index contributed by atoms with van der Waals surface area (Å²) in [5.41, 5.74) is 7.73. The Hall–Kier alpha value is -0.970. The summed E-state index contributed by atoms with van der Waals surface area (Å²) in [6, 6.07) is 5.30. The summed E-state index contributed by atoms with van der Waals surface area (Å²) in [7, 11) is 2.24. The fourth-order valence-corrected chi connectivity index (χ4v) is 3.44. The van der Waals surface area contributed by atoms with Crippen molar-refractivity contribution in [2.24, 2.45) is 5.73 Å². The van der Waals surface area contributed by atoms with Gasteiger partial charge in [0, 0.05) is 30.5 Å². The Kier molecular flexibility index (Phi) is 6.15. The summed E-state index contributed by atoms with van der Waals surface area (Å²) < 4.78 is 0. The summed E-state index contributed by atoms with van der Waals surface area (Å²) in [5, 5.41) is 0. The second-order valence-electron chi connectivity index (χ2n) is 6.13. The molecule has 1 aliphatic heterocycles. The number of hydrogen-bond acceptors (Lipinski definition) is 4. The van der Waals surface area contributed by atoms with Crippen LogP contribution in [0.1, 0.15) is 44.7 Å². The van der Waals surface area contributed by atoms with Gasteiger partial charge in [0.25, 0.3) is 0 Å². The predicted octanol–water partition coefficient (Wildman–Crippen LogP) is 2.28. The number of hydrogen-bond donors (Lipinski definition) is 1. The van der Waals surface area contributed by atoms with Crippen LogP contribution in [0.5, 0.6) is 0 Å². The van der Waals surface area contributed by atoms with Crippen LogP contribution in [0.4, 0.5) is 0 Å². The van der Waals surface area contributed by atoms with E-state index in [0.29, 0.717) is 6.04 Å². The summed E-state index contributed by atoms with van der Waals surface area (Å²) in [6.45, 7) is 7.99. The van der Waals surface area contributed by atoms with Crippen LogP contribution in [0, 0.1) is 0 Å². The molecule has 21 heavy (non-hydrogen) atoms. The van der Waals surface area contributed by atoms with Gasteiger partial charge in [-0.25, -0.2) is 0 Å². The average Bonchev–Trinajstić information content (AvgIpc) is 2.55. The van der Waals surface area contributed by atoms with E-state index in [1.807, 2.05) is 12.4 Å². The van der Waals surface area contributed by atoms with Crippen LogP contribution in [-0.2, 0) is 0 Å². The van der Waals surface area contributed by atoms with Crippen LogP contribution in [0.3, 0.4) is 0 Å². The van der Waals surface area contributed by atoms with Crippen molar-refractivity contribution in [2.45, 2.75) is 51.2 Å². The van der Waals surface area contributed by atoms with Gasteiger partial charge < -0.3 is 10.6 Å². The summed E-state index contributed by atoms with van der Waals surface area (Å²) in [5.74, 6) is 0. The molecule has 2 atom stereocenters. The first-order chi connectivity index (χ1) is 10.2. The average molecular weight is 290 g/mol. The molecule has 1 aliphatic rings. The second kappa shape index (κ2) is 7.87. The zero-order valence-electron chi connectivity index (χ0n) is 13.7. The van der Waals surface area contributed by atoms with E-state index >= 15 is 0 Å². The highest BCUT2D eigenvalue weighted by Crippen LogP contribution is 2.28. The van der Waals surface area contributed by atoms with Crippen LogP contribution >= 0.6 is 0 Å².